The predicted molar refractivity (Wildman–Crippen MR) is 180 cm³/mol. The lowest BCUT2D eigenvalue weighted by Crippen LogP contribution is -2.24. The van der Waals surface area contributed by atoms with Crippen LogP contribution in [0.2, 0.25) is 0 Å². The van der Waals surface area contributed by atoms with Crippen molar-refractivity contribution in [3.05, 3.63) is 152 Å². The zero-order chi connectivity index (χ0) is 27.4. The van der Waals surface area contributed by atoms with Gasteiger partial charge in [-0.1, -0.05) is 145 Å². The van der Waals surface area contributed by atoms with Crippen LogP contribution in [0.15, 0.2) is 156 Å². The molecule has 0 amide bonds. The normalized spacial score (nSPS) is 12.0. The third-order valence-corrected chi connectivity index (χ3v) is 13.1. The summed E-state index contributed by atoms with van der Waals surface area (Å²) in [5, 5.41) is 10.7. The zero-order valence-electron chi connectivity index (χ0n) is 22.2. The van der Waals surface area contributed by atoms with Crippen LogP contribution >= 0.6 is 6.04 Å². The average Bonchev–Trinajstić information content (AvgIpc) is 3.45. The Morgan fingerprint density at radius 2 is 1.05 bits per heavy atom. The molecule has 1 heterocycles. The molecule has 0 saturated carbocycles. The van der Waals surface area contributed by atoms with Gasteiger partial charge in [-0.3, -0.25) is 0 Å². The molecule has 8 aromatic rings. The number of fused-ring (bicyclic) bond motifs is 7. The lowest BCUT2D eigenvalue weighted by atomic mass is 9.95. The first-order chi connectivity index (χ1) is 20.2. The summed E-state index contributed by atoms with van der Waals surface area (Å²) in [4.78, 5) is 0. The van der Waals surface area contributed by atoms with Crippen molar-refractivity contribution in [2.45, 2.75) is 0 Å². The maximum Gasteiger partial charge on any atom is 0.143 e. The van der Waals surface area contributed by atoms with E-state index in [4.69, 9.17) is 16.2 Å². The molecule has 8 rings (SSSR count). The summed E-state index contributed by atoms with van der Waals surface area (Å²) in [5.74, 6) is 0. The van der Waals surface area contributed by atoms with Crippen molar-refractivity contribution < 1.29 is 4.42 Å². The zero-order valence-corrected chi connectivity index (χ0v) is 23.9. The lowest BCUT2D eigenvalue weighted by Gasteiger charge is -2.24. The van der Waals surface area contributed by atoms with Crippen LogP contribution in [0, 0.1) is 0 Å². The van der Waals surface area contributed by atoms with Gasteiger partial charge in [0.25, 0.3) is 0 Å². The molecule has 0 unspecified atom stereocenters. The monoisotopic (exact) mass is 560 g/mol. The van der Waals surface area contributed by atoms with Crippen LogP contribution in [-0.4, -0.2) is 0 Å². The molecule has 0 radical (unpaired) electrons. The molecule has 7 aromatic carbocycles. The van der Waals surface area contributed by atoms with E-state index in [1.807, 2.05) is 0 Å². The van der Waals surface area contributed by atoms with Crippen molar-refractivity contribution in [3.63, 3.8) is 0 Å². The van der Waals surface area contributed by atoms with E-state index in [0.29, 0.717) is 0 Å². The van der Waals surface area contributed by atoms with Gasteiger partial charge in [0.2, 0.25) is 0 Å². The predicted octanol–water partition coefficient (Wildman–Crippen LogP) is 9.32. The quantitative estimate of drug-likeness (QED) is 0.199. The Hall–Kier alpha value is -4.49. The van der Waals surface area contributed by atoms with Gasteiger partial charge in [-0.15, -0.1) is 0 Å². The van der Waals surface area contributed by atoms with Crippen molar-refractivity contribution >= 4 is 77.2 Å². The van der Waals surface area contributed by atoms with Gasteiger partial charge in [0.1, 0.15) is 11.2 Å². The summed E-state index contributed by atoms with van der Waals surface area (Å²) in [6, 6.07) is 51.5. The van der Waals surface area contributed by atoms with Crippen LogP contribution in [-0.2, 0) is 11.8 Å². The Balaban J connectivity index is 1.44. The van der Waals surface area contributed by atoms with E-state index in [0.717, 1.165) is 22.3 Å². The van der Waals surface area contributed by atoms with Gasteiger partial charge in [0, 0.05) is 22.4 Å². The molecule has 0 aliphatic carbocycles. The third-order valence-electron chi connectivity index (χ3n) is 8.11. The van der Waals surface area contributed by atoms with Gasteiger partial charge in [-0.25, -0.2) is 0 Å². The summed E-state index contributed by atoms with van der Waals surface area (Å²) in [5.41, 5.74) is 4.03. The molecular formula is C38H25OPS. The highest BCUT2D eigenvalue weighted by atomic mass is 32.4. The molecule has 0 bridgehead atoms. The second kappa shape index (κ2) is 9.56. The van der Waals surface area contributed by atoms with E-state index < -0.39 is 6.04 Å². The maximum atomic E-state index is 6.73. The highest BCUT2D eigenvalue weighted by Gasteiger charge is 2.26. The minimum atomic E-state index is -2.29. The molecule has 0 aliphatic rings. The fourth-order valence-corrected chi connectivity index (χ4v) is 9.96. The maximum absolute atomic E-state index is 6.73. The Morgan fingerprint density at radius 1 is 0.463 bits per heavy atom. The van der Waals surface area contributed by atoms with Crippen molar-refractivity contribution in [2.24, 2.45) is 0 Å². The fourth-order valence-electron chi connectivity index (χ4n) is 6.19. The molecule has 0 saturated heterocycles. The number of hydrogen-bond acceptors (Lipinski definition) is 2. The van der Waals surface area contributed by atoms with Crippen molar-refractivity contribution in [2.75, 3.05) is 0 Å². The number of hydrogen-bond donors (Lipinski definition) is 0. The van der Waals surface area contributed by atoms with Crippen LogP contribution in [0.25, 0.3) is 54.6 Å². The van der Waals surface area contributed by atoms with Crippen LogP contribution < -0.4 is 15.9 Å². The molecule has 0 aliphatic heterocycles. The molecule has 41 heavy (non-hydrogen) atoms. The highest BCUT2D eigenvalue weighted by Crippen LogP contribution is 2.46. The topological polar surface area (TPSA) is 13.1 Å². The van der Waals surface area contributed by atoms with Gasteiger partial charge >= 0.3 is 0 Å². The second-order valence-corrected chi connectivity index (χ2v) is 14.9. The minimum absolute atomic E-state index is 0.908. The van der Waals surface area contributed by atoms with Crippen molar-refractivity contribution in [1.82, 2.24) is 0 Å². The first-order valence-electron chi connectivity index (χ1n) is 13.8. The standard InChI is InChI=1S/C38H25OPS/c41-40(29-15-3-1-4-16-29,30-17-5-2-6-18-30)31-19-11-14-27(24-31)34-25-28-13-8-10-21-33(28)37-36-32-20-9-7-12-26(32)22-23-35(36)39-38(34)37/h1-25H. The van der Waals surface area contributed by atoms with Crippen LogP contribution in [0.3, 0.4) is 0 Å². The molecule has 3 heteroatoms. The third kappa shape index (κ3) is 3.79. The van der Waals surface area contributed by atoms with Gasteiger partial charge in [0.15, 0.2) is 0 Å². The Morgan fingerprint density at radius 3 is 1.76 bits per heavy atom. The van der Waals surface area contributed by atoms with E-state index in [9.17, 15) is 0 Å². The molecule has 1 nitrogen and oxygen atoms in total. The minimum Gasteiger partial charge on any atom is -0.455 e. The molecule has 0 atom stereocenters. The summed E-state index contributed by atoms with van der Waals surface area (Å²) in [7, 11) is 0. The van der Waals surface area contributed by atoms with Gasteiger partial charge in [-0.2, -0.15) is 0 Å². The van der Waals surface area contributed by atoms with Crippen LogP contribution in [0.5, 0.6) is 0 Å². The number of furan rings is 1. The molecule has 0 fully saturated rings. The molecule has 0 N–H and O–H groups in total. The Labute approximate surface area is 243 Å². The van der Waals surface area contributed by atoms with Gasteiger partial charge in [0.05, 0.1) is 0 Å². The molecular weight excluding hydrogens is 535 g/mol. The van der Waals surface area contributed by atoms with Crippen LogP contribution in [0.4, 0.5) is 0 Å². The number of rotatable bonds is 4. The smallest absolute Gasteiger partial charge is 0.143 e. The first kappa shape index (κ1) is 24.3. The lowest BCUT2D eigenvalue weighted by molar-refractivity contribution is 0.670. The average molecular weight is 561 g/mol. The van der Waals surface area contributed by atoms with Crippen LogP contribution in [0.1, 0.15) is 0 Å². The first-order valence-corrected chi connectivity index (χ1v) is 16.6. The summed E-state index contributed by atoms with van der Waals surface area (Å²) >= 11 is 6.68. The van der Waals surface area contributed by atoms with Crippen molar-refractivity contribution in [3.8, 4) is 11.1 Å². The van der Waals surface area contributed by atoms with E-state index in [2.05, 4.69) is 152 Å². The van der Waals surface area contributed by atoms with E-state index >= 15 is 0 Å². The summed E-state index contributed by atoms with van der Waals surface area (Å²) in [6.07, 6.45) is 0. The molecule has 194 valence electrons. The van der Waals surface area contributed by atoms with E-state index in [-0.39, 0.29) is 0 Å². The largest absolute Gasteiger partial charge is 0.455 e. The summed E-state index contributed by atoms with van der Waals surface area (Å²) in [6.45, 7) is 0. The van der Waals surface area contributed by atoms with Gasteiger partial charge < -0.3 is 4.42 Å². The van der Waals surface area contributed by atoms with E-state index in [1.54, 1.807) is 0 Å². The van der Waals surface area contributed by atoms with E-state index in [1.165, 1.54) is 48.2 Å². The Bertz CT molecular complexity index is 2240. The fraction of sp³-hybridized carbons (Fsp3) is 0. The Kier molecular flexibility index (Phi) is 5.67. The second-order valence-electron chi connectivity index (χ2n) is 10.4. The van der Waals surface area contributed by atoms with Crippen molar-refractivity contribution in [1.29, 1.82) is 0 Å². The van der Waals surface area contributed by atoms with Gasteiger partial charge in [-0.05, 0) is 61.2 Å². The number of benzene rings is 7. The SMILES string of the molecule is S=P(c1ccccc1)(c1ccccc1)c1cccc(-c2cc3ccccc3c3c2oc2ccc4ccccc4c23)c1. The summed E-state index contributed by atoms with van der Waals surface area (Å²) < 4.78 is 6.73. The molecule has 1 aromatic heterocycles. The molecule has 0 spiro atoms. The highest BCUT2D eigenvalue weighted by molar-refractivity contribution is 8.25.